The van der Waals surface area contributed by atoms with Crippen LogP contribution in [-0.2, 0) is 18.9 Å². The highest BCUT2D eigenvalue weighted by Gasteiger charge is 2.52. The minimum atomic E-state index is -0.592. The zero-order valence-electron chi connectivity index (χ0n) is 16.3. The summed E-state index contributed by atoms with van der Waals surface area (Å²) in [4.78, 5) is 28.7. The first-order valence-electron chi connectivity index (χ1n) is 9.64. The fourth-order valence-electron chi connectivity index (χ4n) is 2.94. The summed E-state index contributed by atoms with van der Waals surface area (Å²) < 4.78 is 12.2. The molecule has 0 atom stereocenters. The standard InChI is InChI=1S/C19H26BN3O4/c1-18(2)19(3,4)27-20(26-18)13-9-14(22-16(24)11-5-6-11)21-15(10-13)23-17(25)12-7-8-12/h9-12H,5-8H2,1-4H3,(H2,21,22,23,24,25). The lowest BCUT2D eigenvalue weighted by Crippen LogP contribution is -2.41. The minimum Gasteiger partial charge on any atom is -0.399 e. The summed E-state index contributed by atoms with van der Waals surface area (Å²) in [5, 5.41) is 5.71. The fraction of sp³-hybridized carbons (Fsp3) is 0.632. The summed E-state index contributed by atoms with van der Waals surface area (Å²) in [6, 6.07) is 3.52. The first kappa shape index (κ1) is 18.4. The quantitative estimate of drug-likeness (QED) is 0.774. The van der Waals surface area contributed by atoms with Crippen LogP contribution in [0.25, 0.3) is 0 Å². The summed E-state index contributed by atoms with van der Waals surface area (Å²) in [6.07, 6.45) is 3.64. The maximum Gasteiger partial charge on any atom is 0.495 e. The normalized spacial score (nSPS) is 23.2. The molecule has 1 aromatic heterocycles. The molecule has 3 fully saturated rings. The third-order valence-corrected chi connectivity index (χ3v) is 5.77. The van der Waals surface area contributed by atoms with Gasteiger partial charge in [0.05, 0.1) is 11.2 Å². The molecule has 0 radical (unpaired) electrons. The Morgan fingerprint density at radius 3 is 1.70 bits per heavy atom. The lowest BCUT2D eigenvalue weighted by atomic mass is 9.79. The molecular formula is C19H26BN3O4. The average molecular weight is 371 g/mol. The molecule has 2 saturated carbocycles. The Bertz CT molecular complexity index is 727. The van der Waals surface area contributed by atoms with Crippen molar-refractivity contribution in [3.63, 3.8) is 0 Å². The number of rotatable bonds is 5. The number of amides is 2. The van der Waals surface area contributed by atoms with Gasteiger partial charge >= 0.3 is 7.12 Å². The molecule has 4 rings (SSSR count). The van der Waals surface area contributed by atoms with Gasteiger partial charge in [0.2, 0.25) is 11.8 Å². The molecule has 2 amide bonds. The molecule has 0 aromatic carbocycles. The van der Waals surface area contributed by atoms with Gasteiger partial charge in [-0.1, -0.05) is 0 Å². The van der Waals surface area contributed by atoms with Crippen LogP contribution in [0, 0.1) is 11.8 Å². The lowest BCUT2D eigenvalue weighted by molar-refractivity contribution is -0.118. The highest BCUT2D eigenvalue weighted by atomic mass is 16.7. The molecule has 3 aliphatic rings. The second-order valence-electron chi connectivity index (χ2n) is 8.79. The molecule has 144 valence electrons. The van der Waals surface area contributed by atoms with Crippen LogP contribution in [0.15, 0.2) is 12.1 Å². The molecule has 2 N–H and O–H groups in total. The van der Waals surface area contributed by atoms with Crippen LogP contribution in [0.5, 0.6) is 0 Å². The Kier molecular flexibility index (Phi) is 4.31. The number of pyridine rings is 1. The number of hydrogen-bond acceptors (Lipinski definition) is 5. The summed E-state index contributed by atoms with van der Waals surface area (Å²) in [6.45, 7) is 7.94. The van der Waals surface area contributed by atoms with E-state index in [0.717, 1.165) is 31.1 Å². The van der Waals surface area contributed by atoms with Gasteiger partial charge in [0, 0.05) is 11.8 Å². The van der Waals surface area contributed by atoms with Crippen molar-refractivity contribution >= 4 is 36.0 Å². The van der Waals surface area contributed by atoms with Crippen molar-refractivity contribution in [1.29, 1.82) is 0 Å². The van der Waals surface area contributed by atoms with Crippen LogP contribution in [-0.4, -0.2) is 35.1 Å². The van der Waals surface area contributed by atoms with E-state index in [1.807, 2.05) is 27.7 Å². The van der Waals surface area contributed by atoms with Crippen LogP contribution in [0.4, 0.5) is 11.6 Å². The van der Waals surface area contributed by atoms with E-state index in [-0.39, 0.29) is 23.7 Å². The van der Waals surface area contributed by atoms with Crippen LogP contribution < -0.4 is 16.1 Å². The SMILES string of the molecule is CC1(C)OB(c2cc(NC(=O)C3CC3)nc(NC(=O)C3CC3)c2)OC1(C)C. The van der Waals surface area contributed by atoms with E-state index in [4.69, 9.17) is 9.31 Å². The second kappa shape index (κ2) is 6.31. The maximum absolute atomic E-state index is 12.2. The Morgan fingerprint density at radius 2 is 1.33 bits per heavy atom. The van der Waals surface area contributed by atoms with Gasteiger partial charge in [-0.05, 0) is 71.0 Å². The molecule has 0 spiro atoms. The van der Waals surface area contributed by atoms with E-state index >= 15 is 0 Å². The van der Waals surface area contributed by atoms with E-state index in [9.17, 15) is 9.59 Å². The molecule has 0 bridgehead atoms. The van der Waals surface area contributed by atoms with E-state index in [0.29, 0.717) is 11.6 Å². The summed E-state index contributed by atoms with van der Waals surface area (Å²) >= 11 is 0. The largest absolute Gasteiger partial charge is 0.495 e. The number of anilines is 2. The zero-order valence-corrected chi connectivity index (χ0v) is 16.3. The van der Waals surface area contributed by atoms with E-state index in [1.165, 1.54) is 0 Å². The van der Waals surface area contributed by atoms with Gasteiger partial charge in [-0.25, -0.2) is 4.98 Å². The second-order valence-corrected chi connectivity index (χ2v) is 8.79. The highest BCUT2D eigenvalue weighted by molar-refractivity contribution is 6.62. The minimum absolute atomic E-state index is 0.0342. The molecule has 27 heavy (non-hydrogen) atoms. The van der Waals surface area contributed by atoms with Crippen LogP contribution in [0.3, 0.4) is 0 Å². The van der Waals surface area contributed by atoms with Gasteiger partial charge in [0.1, 0.15) is 11.6 Å². The van der Waals surface area contributed by atoms with E-state index < -0.39 is 18.3 Å². The molecule has 1 saturated heterocycles. The number of carbonyl (C=O) groups is 2. The molecule has 1 aliphatic heterocycles. The van der Waals surface area contributed by atoms with Crippen LogP contribution >= 0.6 is 0 Å². The van der Waals surface area contributed by atoms with Crippen molar-refractivity contribution < 1.29 is 18.9 Å². The summed E-state index contributed by atoms with van der Waals surface area (Å²) in [5.41, 5.74) is -0.230. The lowest BCUT2D eigenvalue weighted by Gasteiger charge is -2.32. The van der Waals surface area contributed by atoms with Crippen molar-refractivity contribution in [2.75, 3.05) is 10.6 Å². The number of carbonyl (C=O) groups excluding carboxylic acids is 2. The Balaban J connectivity index is 1.60. The van der Waals surface area contributed by atoms with Crippen LogP contribution in [0.1, 0.15) is 53.4 Å². The number of aromatic nitrogens is 1. The van der Waals surface area contributed by atoms with Crippen molar-refractivity contribution in [2.24, 2.45) is 11.8 Å². The van der Waals surface area contributed by atoms with Crippen molar-refractivity contribution in [2.45, 2.75) is 64.6 Å². The molecule has 7 nitrogen and oxygen atoms in total. The smallest absolute Gasteiger partial charge is 0.399 e. The van der Waals surface area contributed by atoms with Gasteiger partial charge in [0.15, 0.2) is 0 Å². The molecular weight excluding hydrogens is 345 g/mol. The predicted molar refractivity (Wildman–Crippen MR) is 103 cm³/mol. The first-order chi connectivity index (χ1) is 12.6. The molecule has 2 aliphatic carbocycles. The summed E-state index contributed by atoms with van der Waals surface area (Å²) in [5.74, 6) is 0.880. The Morgan fingerprint density at radius 1 is 0.926 bits per heavy atom. The molecule has 8 heteroatoms. The topological polar surface area (TPSA) is 89.5 Å². The highest BCUT2D eigenvalue weighted by Crippen LogP contribution is 2.37. The Hall–Kier alpha value is -1.93. The number of nitrogens with one attached hydrogen (secondary N) is 2. The fourth-order valence-corrected chi connectivity index (χ4v) is 2.94. The predicted octanol–water partition coefficient (Wildman–Crippen LogP) is 2.08. The monoisotopic (exact) mass is 371 g/mol. The van der Waals surface area contributed by atoms with E-state index in [2.05, 4.69) is 15.6 Å². The van der Waals surface area contributed by atoms with Crippen molar-refractivity contribution in [1.82, 2.24) is 4.98 Å². The van der Waals surface area contributed by atoms with Gasteiger partial charge in [0.25, 0.3) is 0 Å². The third kappa shape index (κ3) is 3.87. The molecule has 1 aromatic rings. The average Bonchev–Trinajstić information content (AvgIpc) is 3.46. The Labute approximate surface area is 159 Å². The van der Waals surface area contributed by atoms with Gasteiger partial charge in [-0.15, -0.1) is 0 Å². The summed E-state index contributed by atoms with van der Waals surface area (Å²) in [7, 11) is -0.592. The van der Waals surface area contributed by atoms with Crippen molar-refractivity contribution in [3.8, 4) is 0 Å². The molecule has 0 unspecified atom stereocenters. The molecule has 2 heterocycles. The zero-order chi connectivity index (χ0) is 19.4. The maximum atomic E-state index is 12.2. The number of hydrogen-bond donors (Lipinski definition) is 2. The van der Waals surface area contributed by atoms with Gasteiger partial charge in [-0.3, -0.25) is 9.59 Å². The number of nitrogens with zero attached hydrogens (tertiary/aromatic N) is 1. The van der Waals surface area contributed by atoms with Crippen LogP contribution in [0.2, 0.25) is 0 Å². The van der Waals surface area contributed by atoms with E-state index in [1.54, 1.807) is 12.1 Å². The van der Waals surface area contributed by atoms with Gasteiger partial charge in [-0.2, -0.15) is 0 Å². The van der Waals surface area contributed by atoms with Gasteiger partial charge < -0.3 is 19.9 Å². The van der Waals surface area contributed by atoms with Crippen molar-refractivity contribution in [3.05, 3.63) is 12.1 Å². The first-order valence-corrected chi connectivity index (χ1v) is 9.64. The third-order valence-electron chi connectivity index (χ3n) is 5.77.